The van der Waals surface area contributed by atoms with Crippen molar-refractivity contribution < 1.29 is 28.5 Å². The van der Waals surface area contributed by atoms with Crippen molar-refractivity contribution in [3.05, 3.63) is 48.0 Å². The van der Waals surface area contributed by atoms with Crippen molar-refractivity contribution in [1.29, 1.82) is 0 Å². The van der Waals surface area contributed by atoms with Crippen LogP contribution >= 0.6 is 0 Å². The first-order valence-corrected chi connectivity index (χ1v) is 10.1. The van der Waals surface area contributed by atoms with Crippen LogP contribution in [0.4, 0.5) is 8.78 Å². The summed E-state index contributed by atoms with van der Waals surface area (Å²) >= 11 is 0. The van der Waals surface area contributed by atoms with E-state index in [9.17, 15) is 19.0 Å². The van der Waals surface area contributed by atoms with Crippen LogP contribution in [0.1, 0.15) is 44.6 Å². The summed E-state index contributed by atoms with van der Waals surface area (Å²) in [4.78, 5) is 0. The van der Waals surface area contributed by atoms with Gasteiger partial charge in [-0.2, -0.15) is 0 Å². The van der Waals surface area contributed by atoms with Crippen LogP contribution in [0.2, 0.25) is 0 Å². The normalized spacial score (nSPS) is 31.4. The fourth-order valence-electron chi connectivity index (χ4n) is 4.20. The van der Waals surface area contributed by atoms with E-state index in [0.717, 1.165) is 5.56 Å². The van der Waals surface area contributed by atoms with E-state index in [1.54, 1.807) is 6.08 Å². The Labute approximate surface area is 165 Å². The molecule has 1 saturated heterocycles. The van der Waals surface area contributed by atoms with E-state index in [1.807, 2.05) is 37.3 Å². The van der Waals surface area contributed by atoms with Crippen molar-refractivity contribution >= 4 is 0 Å². The Hall–Kier alpha value is -1.34. The average molecular weight is 396 g/mol. The Kier molecular flexibility index (Phi) is 7.20. The lowest BCUT2D eigenvalue weighted by Gasteiger charge is -2.23. The van der Waals surface area contributed by atoms with Crippen LogP contribution in [0.25, 0.3) is 0 Å². The highest BCUT2D eigenvalue weighted by atomic mass is 19.3. The lowest BCUT2D eigenvalue weighted by Crippen LogP contribution is -2.32. The quantitative estimate of drug-likeness (QED) is 0.618. The van der Waals surface area contributed by atoms with Gasteiger partial charge in [0.15, 0.2) is 6.29 Å². The summed E-state index contributed by atoms with van der Waals surface area (Å²) in [7, 11) is 0. The van der Waals surface area contributed by atoms with Gasteiger partial charge in [0.25, 0.3) is 5.92 Å². The summed E-state index contributed by atoms with van der Waals surface area (Å²) < 4.78 is 39.8. The number of aliphatic hydroxyl groups excluding tert-OH is 2. The summed E-state index contributed by atoms with van der Waals surface area (Å²) in [5.41, 5.74) is 1.04. The highest BCUT2D eigenvalue weighted by Gasteiger charge is 2.49. The van der Waals surface area contributed by atoms with Gasteiger partial charge in [-0.25, -0.2) is 8.78 Å². The number of alkyl halides is 2. The summed E-state index contributed by atoms with van der Waals surface area (Å²) in [6.07, 6.45) is 1.60. The molecule has 0 spiro atoms. The third-order valence-electron chi connectivity index (χ3n) is 5.79. The molecular weight excluding hydrogens is 366 g/mol. The molecule has 0 bridgehead atoms. The number of hydrogen-bond donors (Lipinski definition) is 2. The Bertz CT molecular complexity index is 637. The first kappa shape index (κ1) is 21.4. The molecule has 2 N–H and O–H groups in total. The van der Waals surface area contributed by atoms with E-state index in [4.69, 9.17) is 9.47 Å². The Morgan fingerprint density at radius 1 is 1.29 bits per heavy atom. The predicted octanol–water partition coefficient (Wildman–Crippen LogP) is 4.06. The lowest BCUT2D eigenvalue weighted by molar-refractivity contribution is -0.0992. The molecule has 0 radical (unpaired) electrons. The molecule has 3 rings (SSSR count). The molecular formula is C22H30F2O4. The molecule has 6 atom stereocenters. The van der Waals surface area contributed by atoms with Crippen molar-refractivity contribution in [2.75, 3.05) is 0 Å². The number of rotatable bonds is 9. The second kappa shape index (κ2) is 9.44. The molecule has 6 heteroatoms. The summed E-state index contributed by atoms with van der Waals surface area (Å²) in [5, 5.41) is 19.8. The van der Waals surface area contributed by atoms with Gasteiger partial charge in [-0.3, -0.25) is 0 Å². The number of fused-ring (bicyclic) bond motifs is 1. The van der Waals surface area contributed by atoms with E-state index in [-0.39, 0.29) is 30.5 Å². The van der Waals surface area contributed by atoms with Gasteiger partial charge in [0.2, 0.25) is 0 Å². The second-order valence-electron chi connectivity index (χ2n) is 7.87. The fourth-order valence-corrected chi connectivity index (χ4v) is 4.20. The van der Waals surface area contributed by atoms with Crippen LogP contribution in [0, 0.1) is 11.8 Å². The summed E-state index contributed by atoms with van der Waals surface area (Å²) in [5.74, 6) is -3.32. The molecule has 2 fully saturated rings. The monoisotopic (exact) mass is 396 g/mol. The number of hydrogen-bond acceptors (Lipinski definition) is 4. The molecule has 4 nitrogen and oxygen atoms in total. The molecule has 1 aliphatic heterocycles. The zero-order valence-corrected chi connectivity index (χ0v) is 16.2. The third-order valence-corrected chi connectivity index (χ3v) is 5.79. The van der Waals surface area contributed by atoms with Crippen LogP contribution in [0.3, 0.4) is 0 Å². The molecule has 28 heavy (non-hydrogen) atoms. The molecule has 1 aromatic rings. The largest absolute Gasteiger partial charge is 0.383 e. The van der Waals surface area contributed by atoms with Crippen LogP contribution in [-0.4, -0.2) is 40.7 Å². The molecule has 4 unspecified atom stereocenters. The first-order valence-electron chi connectivity index (χ1n) is 10.1. The standard InChI is InChI=1S/C22H30F2O4/c1-2-3-11-22(23,24)20(25)10-9-16-17-12-21(26)28-19(17)13-18(16)27-14-15-7-5-4-6-8-15/h4-10,16-21,25-26H,2-3,11-14H2,1H3/b10-9+/t16?,17?,18-,19+,20?,21?/m1/s1. The Morgan fingerprint density at radius 2 is 2.04 bits per heavy atom. The maximum Gasteiger partial charge on any atom is 0.276 e. The Morgan fingerprint density at radius 3 is 2.75 bits per heavy atom. The molecule has 156 valence electrons. The molecule has 0 aromatic heterocycles. The van der Waals surface area contributed by atoms with Crippen molar-refractivity contribution in [2.24, 2.45) is 11.8 Å². The number of ether oxygens (including phenoxy) is 2. The maximum atomic E-state index is 14.1. The minimum atomic E-state index is -3.14. The van der Waals surface area contributed by atoms with Gasteiger partial charge in [-0.15, -0.1) is 0 Å². The average Bonchev–Trinajstić information content (AvgIpc) is 3.19. The molecule has 1 heterocycles. The van der Waals surface area contributed by atoms with Gasteiger partial charge in [-0.1, -0.05) is 55.8 Å². The van der Waals surface area contributed by atoms with E-state index >= 15 is 0 Å². The lowest BCUT2D eigenvalue weighted by atomic mass is 9.90. The molecule has 1 aliphatic carbocycles. The van der Waals surface area contributed by atoms with E-state index in [2.05, 4.69) is 0 Å². The SMILES string of the molecule is CCCCC(F)(F)C(O)/C=C/C1C2CC(O)O[C@H]2C[C@H]1OCc1ccccc1. The summed E-state index contributed by atoms with van der Waals surface area (Å²) in [6.45, 7) is 2.27. The van der Waals surface area contributed by atoms with Crippen molar-refractivity contribution in [1.82, 2.24) is 0 Å². The second-order valence-corrected chi connectivity index (χ2v) is 7.87. The van der Waals surface area contributed by atoms with Crippen molar-refractivity contribution in [2.45, 2.75) is 76.2 Å². The van der Waals surface area contributed by atoms with Crippen LogP contribution in [0.5, 0.6) is 0 Å². The third kappa shape index (κ3) is 5.17. The molecule has 1 aromatic carbocycles. The fraction of sp³-hybridized carbons (Fsp3) is 0.636. The number of benzene rings is 1. The molecule has 0 amide bonds. The number of unbranched alkanes of at least 4 members (excludes halogenated alkanes) is 1. The minimum Gasteiger partial charge on any atom is -0.383 e. The highest BCUT2D eigenvalue weighted by molar-refractivity contribution is 5.14. The molecule has 2 aliphatic rings. The van der Waals surface area contributed by atoms with Gasteiger partial charge in [0.1, 0.15) is 6.10 Å². The highest BCUT2D eigenvalue weighted by Crippen LogP contribution is 2.45. The van der Waals surface area contributed by atoms with Gasteiger partial charge < -0.3 is 19.7 Å². The minimum absolute atomic E-state index is 0.00323. The zero-order chi connectivity index (χ0) is 20.1. The zero-order valence-electron chi connectivity index (χ0n) is 16.2. The summed E-state index contributed by atoms with van der Waals surface area (Å²) in [6, 6.07) is 9.75. The number of halogens is 2. The topological polar surface area (TPSA) is 58.9 Å². The van der Waals surface area contributed by atoms with E-state index < -0.39 is 18.3 Å². The van der Waals surface area contributed by atoms with Gasteiger partial charge in [0, 0.05) is 25.2 Å². The van der Waals surface area contributed by atoms with Crippen LogP contribution < -0.4 is 0 Å². The Balaban J connectivity index is 1.66. The van der Waals surface area contributed by atoms with Gasteiger partial charge >= 0.3 is 0 Å². The maximum absolute atomic E-state index is 14.1. The van der Waals surface area contributed by atoms with Crippen molar-refractivity contribution in [3.8, 4) is 0 Å². The van der Waals surface area contributed by atoms with E-state index in [0.29, 0.717) is 32.3 Å². The van der Waals surface area contributed by atoms with Crippen LogP contribution in [0.15, 0.2) is 42.5 Å². The van der Waals surface area contributed by atoms with Gasteiger partial charge in [-0.05, 0) is 17.9 Å². The van der Waals surface area contributed by atoms with E-state index in [1.165, 1.54) is 6.08 Å². The predicted molar refractivity (Wildman–Crippen MR) is 102 cm³/mol. The van der Waals surface area contributed by atoms with Crippen molar-refractivity contribution in [3.63, 3.8) is 0 Å². The smallest absolute Gasteiger partial charge is 0.276 e. The van der Waals surface area contributed by atoms with Gasteiger partial charge in [0.05, 0.1) is 18.8 Å². The van der Waals surface area contributed by atoms with Crippen LogP contribution in [-0.2, 0) is 16.1 Å². The first-order chi connectivity index (χ1) is 13.4. The number of aliphatic hydroxyl groups is 2. The molecule has 1 saturated carbocycles.